The first-order valence-electron chi connectivity index (χ1n) is 31.9. The monoisotopic (exact) mass is 1090 g/mol. The number of nitrogens with one attached hydrogen (secondary N) is 1. The highest BCUT2D eigenvalue weighted by atomic mass is 16.7. The van der Waals surface area contributed by atoms with Gasteiger partial charge in [-0.1, -0.05) is 270 Å². The van der Waals surface area contributed by atoms with Crippen LogP contribution in [0.4, 0.5) is 0 Å². The number of aliphatic hydroxyl groups excluding tert-OH is 8. The van der Waals surface area contributed by atoms with Crippen molar-refractivity contribution in [3.05, 3.63) is 12.2 Å². The van der Waals surface area contributed by atoms with Crippen LogP contribution in [0.2, 0.25) is 0 Å². The summed E-state index contributed by atoms with van der Waals surface area (Å²) in [7, 11) is 0. The number of allylic oxidation sites excluding steroid dienone is 1. The zero-order valence-corrected chi connectivity index (χ0v) is 48.5. The van der Waals surface area contributed by atoms with Gasteiger partial charge in [0, 0.05) is 6.42 Å². The normalized spacial score (nSPS) is 24.9. The van der Waals surface area contributed by atoms with Gasteiger partial charge >= 0.3 is 0 Å². The van der Waals surface area contributed by atoms with E-state index in [1.54, 1.807) is 6.08 Å². The van der Waals surface area contributed by atoms with Gasteiger partial charge in [0.2, 0.25) is 5.91 Å². The summed E-state index contributed by atoms with van der Waals surface area (Å²) in [6.07, 6.45) is 39.8. The minimum Gasteiger partial charge on any atom is -0.394 e. The molecule has 0 aliphatic carbocycles. The van der Waals surface area contributed by atoms with Crippen LogP contribution in [-0.2, 0) is 23.7 Å². The van der Waals surface area contributed by atoms with Gasteiger partial charge in [-0.15, -0.1) is 0 Å². The van der Waals surface area contributed by atoms with E-state index in [0.29, 0.717) is 6.42 Å². The Kier molecular flexibility index (Phi) is 45.1. The van der Waals surface area contributed by atoms with E-state index in [-0.39, 0.29) is 18.9 Å². The number of rotatable bonds is 52. The second kappa shape index (κ2) is 48.4. The van der Waals surface area contributed by atoms with E-state index in [1.807, 2.05) is 6.08 Å². The van der Waals surface area contributed by atoms with Gasteiger partial charge in [0.25, 0.3) is 0 Å². The summed E-state index contributed by atoms with van der Waals surface area (Å²) in [6.45, 7) is 2.83. The second-order valence-corrected chi connectivity index (χ2v) is 22.9. The van der Waals surface area contributed by atoms with Crippen LogP contribution in [0.1, 0.15) is 284 Å². The van der Waals surface area contributed by atoms with Crippen molar-refractivity contribution in [3.8, 4) is 0 Å². The first kappa shape index (κ1) is 70.8. The van der Waals surface area contributed by atoms with Gasteiger partial charge in [-0.05, 0) is 19.3 Å². The van der Waals surface area contributed by atoms with Gasteiger partial charge in [0.1, 0.15) is 48.8 Å². The highest BCUT2D eigenvalue weighted by Crippen LogP contribution is 2.30. The van der Waals surface area contributed by atoms with E-state index in [4.69, 9.17) is 18.9 Å². The molecule has 0 saturated carbocycles. The molecule has 0 radical (unpaired) electrons. The number of amides is 1. The predicted octanol–water partition coefficient (Wildman–Crippen LogP) is 11.5. The summed E-state index contributed by atoms with van der Waals surface area (Å²) in [5.41, 5.74) is 0. The van der Waals surface area contributed by atoms with Crippen LogP contribution in [-0.4, -0.2) is 140 Å². The first-order valence-corrected chi connectivity index (χ1v) is 31.9. The maximum absolute atomic E-state index is 13.3. The Bertz CT molecular complexity index is 1330. The molecule has 0 spiro atoms. The Hall–Kier alpha value is -1.27. The van der Waals surface area contributed by atoms with E-state index in [1.165, 1.54) is 218 Å². The van der Waals surface area contributed by atoms with Crippen molar-refractivity contribution in [2.75, 3.05) is 19.8 Å². The third kappa shape index (κ3) is 33.5. The molecule has 2 aliphatic heterocycles. The average Bonchev–Trinajstić information content (AvgIpc) is 3.42. The summed E-state index contributed by atoms with van der Waals surface area (Å²) in [5.74, 6) is -0.233. The molecule has 76 heavy (non-hydrogen) atoms. The Labute approximate surface area is 463 Å². The van der Waals surface area contributed by atoms with Crippen LogP contribution in [0, 0.1) is 0 Å². The van der Waals surface area contributed by atoms with Gasteiger partial charge in [-0.25, -0.2) is 0 Å². The molecule has 0 aromatic rings. The Morgan fingerprint density at radius 1 is 0.461 bits per heavy atom. The van der Waals surface area contributed by atoms with Crippen molar-refractivity contribution in [1.29, 1.82) is 0 Å². The molecule has 450 valence electrons. The molecular formula is C62H119NO13. The van der Waals surface area contributed by atoms with Crippen LogP contribution >= 0.6 is 0 Å². The van der Waals surface area contributed by atoms with Crippen molar-refractivity contribution in [2.24, 2.45) is 0 Å². The highest BCUT2D eigenvalue weighted by Gasteiger charge is 2.51. The van der Waals surface area contributed by atoms with Gasteiger partial charge < -0.3 is 65.1 Å². The van der Waals surface area contributed by atoms with Crippen molar-refractivity contribution in [2.45, 2.75) is 357 Å². The third-order valence-corrected chi connectivity index (χ3v) is 16.0. The van der Waals surface area contributed by atoms with Gasteiger partial charge in [-0.2, -0.15) is 0 Å². The van der Waals surface area contributed by atoms with Gasteiger partial charge in [0.05, 0.1) is 32.0 Å². The zero-order chi connectivity index (χ0) is 55.3. The molecule has 2 aliphatic rings. The van der Waals surface area contributed by atoms with Gasteiger partial charge in [-0.3, -0.25) is 4.79 Å². The molecule has 0 aromatic heterocycles. The molecule has 14 heteroatoms. The maximum Gasteiger partial charge on any atom is 0.220 e. The number of carbonyl (C=O) groups excluding carboxylic acids is 1. The molecule has 9 N–H and O–H groups in total. The lowest BCUT2D eigenvalue weighted by atomic mass is 9.97. The van der Waals surface area contributed by atoms with Crippen molar-refractivity contribution >= 4 is 5.91 Å². The molecule has 2 saturated heterocycles. The van der Waals surface area contributed by atoms with E-state index < -0.39 is 86.8 Å². The molecule has 2 fully saturated rings. The first-order chi connectivity index (χ1) is 37.1. The van der Waals surface area contributed by atoms with Crippen molar-refractivity contribution < 1.29 is 64.6 Å². The van der Waals surface area contributed by atoms with E-state index >= 15 is 0 Å². The molecule has 1 amide bonds. The molecule has 0 bridgehead atoms. The number of hydrogen-bond donors (Lipinski definition) is 9. The van der Waals surface area contributed by atoms with Crippen LogP contribution in [0.15, 0.2) is 12.2 Å². The number of hydrogen-bond acceptors (Lipinski definition) is 13. The van der Waals surface area contributed by atoms with E-state index in [9.17, 15) is 45.6 Å². The molecular weight excluding hydrogens is 967 g/mol. The summed E-state index contributed by atoms with van der Waals surface area (Å²) in [4.78, 5) is 13.3. The van der Waals surface area contributed by atoms with E-state index in [0.717, 1.165) is 38.5 Å². The molecule has 14 nitrogen and oxygen atoms in total. The average molecular weight is 1090 g/mol. The predicted molar refractivity (Wildman–Crippen MR) is 305 cm³/mol. The van der Waals surface area contributed by atoms with Crippen LogP contribution < -0.4 is 5.32 Å². The minimum atomic E-state index is -1.79. The number of aliphatic hydroxyl groups is 8. The molecule has 0 aromatic carbocycles. The summed E-state index contributed by atoms with van der Waals surface area (Å²) in [6, 6.07) is -0.909. The lowest BCUT2D eigenvalue weighted by Gasteiger charge is -2.46. The largest absolute Gasteiger partial charge is 0.394 e. The SMILES string of the molecule is CCCCCCCCCCCCCC/C=C/C(O)C(COC1OC(CO)C(OC2OC(CO)C(O)C(O)C2O)C(O)C1O)NC(=O)CCCCCCCCCCCCCCCCCCCCCCCCCCCCCC. The maximum atomic E-state index is 13.3. The summed E-state index contributed by atoms with van der Waals surface area (Å²) >= 11 is 0. The van der Waals surface area contributed by atoms with Gasteiger partial charge in [0.15, 0.2) is 12.6 Å². The lowest BCUT2D eigenvalue weighted by molar-refractivity contribution is -0.359. The fourth-order valence-electron chi connectivity index (χ4n) is 10.8. The summed E-state index contributed by atoms with van der Waals surface area (Å²) in [5, 5.41) is 87.1. The topological polar surface area (TPSA) is 228 Å². The number of ether oxygens (including phenoxy) is 4. The van der Waals surface area contributed by atoms with Crippen molar-refractivity contribution in [1.82, 2.24) is 5.32 Å². The molecule has 12 unspecified atom stereocenters. The minimum absolute atomic E-state index is 0.233. The Morgan fingerprint density at radius 3 is 1.21 bits per heavy atom. The van der Waals surface area contributed by atoms with Crippen molar-refractivity contribution in [3.63, 3.8) is 0 Å². The molecule has 2 rings (SSSR count). The third-order valence-electron chi connectivity index (χ3n) is 16.0. The Morgan fingerprint density at radius 2 is 0.816 bits per heavy atom. The van der Waals surface area contributed by atoms with E-state index in [2.05, 4.69) is 19.2 Å². The van der Waals surface area contributed by atoms with Crippen LogP contribution in [0.3, 0.4) is 0 Å². The Balaban J connectivity index is 1.67. The fraction of sp³-hybridized carbons (Fsp3) is 0.952. The van der Waals surface area contributed by atoms with Crippen LogP contribution in [0.5, 0.6) is 0 Å². The standard InChI is InChI=1S/C62H119NO13/c1-3-5-7-9-11-13-15-17-19-20-21-22-23-24-25-26-27-28-29-30-31-32-34-36-38-40-42-44-46-54(67)63-50(51(66)45-43-41-39-37-35-33-18-16-14-12-10-8-6-4-2)49-73-61-59(72)57(70)60(53(48-65)75-61)76-62-58(71)56(69)55(68)52(47-64)74-62/h43,45,50-53,55-62,64-66,68-72H,3-42,44,46-49H2,1-2H3,(H,63,67)/b45-43+. The quantitative estimate of drug-likeness (QED) is 0.0204. The smallest absolute Gasteiger partial charge is 0.220 e. The summed E-state index contributed by atoms with van der Waals surface area (Å²) < 4.78 is 22.8. The van der Waals surface area contributed by atoms with Crippen LogP contribution in [0.25, 0.3) is 0 Å². The molecule has 2 heterocycles. The zero-order valence-electron chi connectivity index (χ0n) is 48.5. The molecule has 12 atom stereocenters. The number of carbonyl (C=O) groups is 1. The highest BCUT2D eigenvalue weighted by molar-refractivity contribution is 5.76. The number of unbranched alkanes of at least 4 members (excludes halogenated alkanes) is 39. The second-order valence-electron chi connectivity index (χ2n) is 22.9. The fourth-order valence-corrected chi connectivity index (χ4v) is 10.8. The lowest BCUT2D eigenvalue weighted by Crippen LogP contribution is -2.65.